The molecule has 0 spiro atoms. The number of benzene rings is 1. The van der Waals surface area contributed by atoms with E-state index in [1.54, 1.807) is 16.6 Å². The molecule has 0 N–H and O–H groups in total. The van der Waals surface area contributed by atoms with Crippen LogP contribution in [-0.2, 0) is 25.6 Å². The molecule has 0 atom stereocenters. The van der Waals surface area contributed by atoms with Crippen molar-refractivity contribution in [2.75, 3.05) is 0 Å². The Kier molecular flexibility index (Phi) is 4.46. The Bertz CT molecular complexity index is 846. The molecular formula is C19H21N3S2. The van der Waals surface area contributed by atoms with Crippen LogP contribution in [0.4, 0.5) is 0 Å². The summed E-state index contributed by atoms with van der Waals surface area (Å²) in [6.45, 7) is 2.12. The molecule has 0 unspecified atom stereocenters. The lowest BCUT2D eigenvalue weighted by molar-refractivity contribution is 0.696. The van der Waals surface area contributed by atoms with E-state index in [1.807, 2.05) is 11.3 Å². The van der Waals surface area contributed by atoms with Gasteiger partial charge in [-0.1, -0.05) is 41.6 Å². The van der Waals surface area contributed by atoms with E-state index in [9.17, 15) is 0 Å². The third-order valence-corrected chi connectivity index (χ3v) is 6.81. The third-order valence-electron chi connectivity index (χ3n) is 4.63. The fourth-order valence-corrected chi connectivity index (χ4v) is 5.18. The Labute approximate surface area is 151 Å². The average molecular weight is 356 g/mol. The van der Waals surface area contributed by atoms with Crippen molar-refractivity contribution in [1.82, 2.24) is 14.8 Å². The molecule has 2 aromatic heterocycles. The number of thiophene rings is 1. The van der Waals surface area contributed by atoms with Gasteiger partial charge in [0.1, 0.15) is 0 Å². The monoisotopic (exact) mass is 355 g/mol. The molecule has 4 rings (SSSR count). The third kappa shape index (κ3) is 3.03. The van der Waals surface area contributed by atoms with Gasteiger partial charge < -0.3 is 4.57 Å². The van der Waals surface area contributed by atoms with Gasteiger partial charge >= 0.3 is 0 Å². The number of aromatic nitrogens is 3. The molecule has 0 amide bonds. The molecule has 1 aliphatic carbocycles. The van der Waals surface area contributed by atoms with Crippen LogP contribution in [0, 0.1) is 6.92 Å². The van der Waals surface area contributed by atoms with Crippen LogP contribution in [-0.4, -0.2) is 14.8 Å². The molecule has 24 heavy (non-hydrogen) atoms. The molecule has 3 nitrogen and oxygen atoms in total. The number of aryl methyl sites for hydroxylation is 2. The lowest BCUT2D eigenvalue weighted by Crippen LogP contribution is -2.02. The molecule has 0 saturated heterocycles. The second kappa shape index (κ2) is 6.73. The molecule has 2 heterocycles. The molecule has 124 valence electrons. The highest BCUT2D eigenvalue weighted by Gasteiger charge is 2.20. The quantitative estimate of drug-likeness (QED) is 0.616. The van der Waals surface area contributed by atoms with Crippen LogP contribution < -0.4 is 0 Å². The summed E-state index contributed by atoms with van der Waals surface area (Å²) in [7, 11) is 2.08. The highest BCUT2D eigenvalue weighted by Crippen LogP contribution is 2.36. The Morgan fingerprint density at radius 2 is 1.92 bits per heavy atom. The molecule has 5 heteroatoms. The van der Waals surface area contributed by atoms with Crippen LogP contribution in [0.2, 0.25) is 0 Å². The van der Waals surface area contributed by atoms with Gasteiger partial charge in [0.25, 0.3) is 0 Å². The first kappa shape index (κ1) is 15.9. The van der Waals surface area contributed by atoms with Crippen molar-refractivity contribution in [2.45, 2.75) is 43.5 Å². The smallest absolute Gasteiger partial charge is 0.191 e. The van der Waals surface area contributed by atoms with Gasteiger partial charge in [-0.25, -0.2) is 0 Å². The van der Waals surface area contributed by atoms with Crippen LogP contribution in [0.5, 0.6) is 0 Å². The van der Waals surface area contributed by atoms with Crippen molar-refractivity contribution < 1.29 is 0 Å². The minimum atomic E-state index is 0.925. The number of rotatable bonds is 4. The van der Waals surface area contributed by atoms with Gasteiger partial charge in [0, 0.05) is 28.6 Å². The first-order valence-electron chi connectivity index (χ1n) is 8.39. The fraction of sp³-hybridized carbons (Fsp3) is 0.368. The molecule has 0 radical (unpaired) electrons. The molecule has 0 aliphatic heterocycles. The van der Waals surface area contributed by atoms with E-state index in [4.69, 9.17) is 0 Å². The average Bonchev–Trinajstić information content (AvgIpc) is 3.18. The first-order valence-corrected chi connectivity index (χ1v) is 10.3. The highest BCUT2D eigenvalue weighted by atomic mass is 32.2. The van der Waals surface area contributed by atoms with E-state index in [-0.39, 0.29) is 0 Å². The van der Waals surface area contributed by atoms with E-state index < -0.39 is 0 Å². The number of nitrogens with zero attached hydrogens (tertiary/aromatic N) is 3. The SMILES string of the molecule is Cc1ccc(CSc2nnc(-c3csc4c3CCCC4)n2C)cc1. The van der Waals surface area contributed by atoms with E-state index in [0.717, 1.165) is 16.7 Å². The summed E-state index contributed by atoms with van der Waals surface area (Å²) in [6, 6.07) is 8.70. The molecule has 0 saturated carbocycles. The van der Waals surface area contributed by atoms with E-state index >= 15 is 0 Å². The summed E-state index contributed by atoms with van der Waals surface area (Å²) in [4.78, 5) is 1.55. The highest BCUT2D eigenvalue weighted by molar-refractivity contribution is 7.98. The van der Waals surface area contributed by atoms with E-state index in [1.165, 1.54) is 47.9 Å². The van der Waals surface area contributed by atoms with Gasteiger partial charge in [-0.3, -0.25) is 0 Å². The largest absolute Gasteiger partial charge is 0.305 e. The second-order valence-electron chi connectivity index (χ2n) is 6.40. The number of hydrogen-bond acceptors (Lipinski definition) is 4. The predicted molar refractivity (Wildman–Crippen MR) is 102 cm³/mol. The zero-order valence-corrected chi connectivity index (χ0v) is 15.7. The van der Waals surface area contributed by atoms with Gasteiger partial charge in [0.15, 0.2) is 11.0 Å². The summed E-state index contributed by atoms with van der Waals surface area (Å²) in [6.07, 6.45) is 5.03. The van der Waals surface area contributed by atoms with Crippen molar-refractivity contribution >= 4 is 23.1 Å². The van der Waals surface area contributed by atoms with Crippen LogP contribution >= 0.6 is 23.1 Å². The van der Waals surface area contributed by atoms with Crippen molar-refractivity contribution in [3.05, 3.63) is 51.2 Å². The molecular weight excluding hydrogens is 334 g/mol. The summed E-state index contributed by atoms with van der Waals surface area (Å²) in [5.41, 5.74) is 5.43. The Balaban J connectivity index is 1.55. The van der Waals surface area contributed by atoms with Gasteiger partial charge in [0.05, 0.1) is 0 Å². The zero-order valence-electron chi connectivity index (χ0n) is 14.1. The van der Waals surface area contributed by atoms with Crippen LogP contribution in [0.15, 0.2) is 34.8 Å². The Hall–Kier alpha value is -1.59. The number of hydrogen-bond donors (Lipinski definition) is 0. The van der Waals surface area contributed by atoms with Crippen LogP contribution in [0.25, 0.3) is 11.4 Å². The number of fused-ring (bicyclic) bond motifs is 1. The lowest BCUT2D eigenvalue weighted by atomic mass is 9.96. The van der Waals surface area contributed by atoms with Crippen molar-refractivity contribution in [3.63, 3.8) is 0 Å². The summed E-state index contributed by atoms with van der Waals surface area (Å²) in [5, 5.41) is 12.2. The van der Waals surface area contributed by atoms with Gasteiger partial charge in [-0.2, -0.15) is 0 Å². The fourth-order valence-electron chi connectivity index (χ4n) is 3.19. The predicted octanol–water partition coefficient (Wildman–Crippen LogP) is 5.02. The lowest BCUT2D eigenvalue weighted by Gasteiger charge is -2.12. The van der Waals surface area contributed by atoms with E-state index in [0.29, 0.717) is 0 Å². The molecule has 1 aromatic carbocycles. The second-order valence-corrected chi connectivity index (χ2v) is 8.30. The summed E-state index contributed by atoms with van der Waals surface area (Å²) >= 11 is 3.64. The van der Waals surface area contributed by atoms with Crippen molar-refractivity contribution in [3.8, 4) is 11.4 Å². The maximum atomic E-state index is 4.49. The number of thioether (sulfide) groups is 1. The topological polar surface area (TPSA) is 30.7 Å². The molecule has 0 bridgehead atoms. The maximum Gasteiger partial charge on any atom is 0.191 e. The Morgan fingerprint density at radius 3 is 2.75 bits per heavy atom. The molecule has 1 aliphatic rings. The molecule has 0 fully saturated rings. The minimum absolute atomic E-state index is 0.925. The normalized spacial score (nSPS) is 13.9. The van der Waals surface area contributed by atoms with Gasteiger partial charge in [-0.15, -0.1) is 21.5 Å². The standard InChI is InChI=1S/C19H21N3S2/c1-13-7-9-14(10-8-13)11-24-19-21-20-18(22(19)2)16-12-23-17-6-4-3-5-15(16)17/h7-10,12H,3-6,11H2,1-2H3. The van der Waals surface area contributed by atoms with Gasteiger partial charge in [-0.05, 0) is 43.7 Å². The summed E-state index contributed by atoms with van der Waals surface area (Å²) in [5.74, 6) is 1.94. The maximum absolute atomic E-state index is 4.49. The zero-order chi connectivity index (χ0) is 16.5. The minimum Gasteiger partial charge on any atom is -0.305 e. The molecule has 3 aromatic rings. The Morgan fingerprint density at radius 1 is 1.12 bits per heavy atom. The van der Waals surface area contributed by atoms with Crippen LogP contribution in [0.3, 0.4) is 0 Å². The first-order chi connectivity index (χ1) is 11.7. The van der Waals surface area contributed by atoms with E-state index in [2.05, 4.69) is 58.4 Å². The van der Waals surface area contributed by atoms with Gasteiger partial charge in [0.2, 0.25) is 0 Å². The van der Waals surface area contributed by atoms with Crippen LogP contribution in [0.1, 0.15) is 34.4 Å². The van der Waals surface area contributed by atoms with Crippen molar-refractivity contribution in [1.29, 1.82) is 0 Å². The van der Waals surface area contributed by atoms with Crippen molar-refractivity contribution in [2.24, 2.45) is 7.05 Å². The summed E-state index contributed by atoms with van der Waals surface area (Å²) < 4.78 is 2.15.